The molecule has 6 heteroatoms. The molecule has 3 nitrogen and oxygen atoms in total. The minimum absolute atomic E-state index is 0.418. The van der Waals surface area contributed by atoms with Gasteiger partial charge in [0.15, 0.2) is 5.58 Å². The Labute approximate surface area is 164 Å². The van der Waals surface area contributed by atoms with Gasteiger partial charge in [0.25, 0.3) is 0 Å². The zero-order valence-corrected chi connectivity index (χ0v) is 15.6. The van der Waals surface area contributed by atoms with E-state index in [1.54, 1.807) is 18.3 Å². The number of aliphatic imine (C=N–C) groups is 1. The maximum Gasteiger partial charge on any atom is 0.228 e. The summed E-state index contributed by atoms with van der Waals surface area (Å²) in [6, 6.07) is 18.3. The third kappa shape index (κ3) is 3.47. The molecule has 128 valence electrons. The van der Waals surface area contributed by atoms with Crippen molar-refractivity contribution in [3.05, 3.63) is 81.3 Å². The van der Waals surface area contributed by atoms with Crippen LogP contribution in [-0.4, -0.2) is 11.2 Å². The summed E-state index contributed by atoms with van der Waals surface area (Å²) in [6.45, 7) is 0. The van der Waals surface area contributed by atoms with Crippen molar-refractivity contribution in [2.24, 2.45) is 4.99 Å². The van der Waals surface area contributed by atoms with E-state index in [0.29, 0.717) is 37.6 Å². The van der Waals surface area contributed by atoms with Gasteiger partial charge in [0, 0.05) is 11.2 Å². The van der Waals surface area contributed by atoms with Crippen LogP contribution in [0, 0.1) is 0 Å². The monoisotopic (exact) mass is 400 g/mol. The fourth-order valence-corrected chi connectivity index (χ4v) is 2.99. The minimum atomic E-state index is 0.418. The third-order valence-electron chi connectivity index (χ3n) is 3.79. The summed E-state index contributed by atoms with van der Waals surface area (Å²) in [5.74, 6) is 0.423. The van der Waals surface area contributed by atoms with Gasteiger partial charge >= 0.3 is 0 Å². The summed E-state index contributed by atoms with van der Waals surface area (Å²) in [6.07, 6.45) is 1.77. The second-order valence-electron chi connectivity index (χ2n) is 5.58. The zero-order valence-electron chi connectivity index (χ0n) is 13.3. The Hall–Kier alpha value is -2.33. The van der Waals surface area contributed by atoms with Crippen LogP contribution < -0.4 is 0 Å². The molecule has 1 heterocycles. The van der Waals surface area contributed by atoms with Crippen LogP contribution in [0.15, 0.2) is 70.1 Å². The average molecular weight is 402 g/mol. The molecule has 1 aromatic heterocycles. The fraction of sp³-hybridized carbons (Fsp3) is 0. The first-order chi connectivity index (χ1) is 12.6. The molecule has 0 spiro atoms. The largest absolute Gasteiger partial charge is 0.436 e. The smallest absolute Gasteiger partial charge is 0.228 e. The topological polar surface area (TPSA) is 38.4 Å². The van der Waals surface area contributed by atoms with Crippen LogP contribution in [0.25, 0.3) is 22.6 Å². The lowest BCUT2D eigenvalue weighted by atomic mass is 10.2. The zero-order chi connectivity index (χ0) is 18.1. The van der Waals surface area contributed by atoms with Gasteiger partial charge in [0.1, 0.15) is 5.52 Å². The number of rotatable bonds is 3. The first-order valence-corrected chi connectivity index (χ1v) is 8.88. The summed E-state index contributed by atoms with van der Waals surface area (Å²) in [7, 11) is 0. The fourth-order valence-electron chi connectivity index (χ4n) is 2.48. The maximum atomic E-state index is 6.25. The number of aromatic nitrogens is 1. The first kappa shape index (κ1) is 17.1. The highest BCUT2D eigenvalue weighted by molar-refractivity contribution is 6.43. The van der Waals surface area contributed by atoms with Crippen molar-refractivity contribution in [2.75, 3.05) is 0 Å². The summed E-state index contributed by atoms with van der Waals surface area (Å²) < 4.78 is 5.80. The molecule has 4 rings (SSSR count). The van der Waals surface area contributed by atoms with E-state index in [1.807, 2.05) is 48.5 Å². The highest BCUT2D eigenvalue weighted by Gasteiger charge is 2.13. The van der Waals surface area contributed by atoms with E-state index in [1.165, 1.54) is 0 Å². The lowest BCUT2D eigenvalue weighted by Gasteiger charge is -2.00. The Morgan fingerprint density at radius 1 is 0.923 bits per heavy atom. The standard InChI is InChI=1S/C20H11Cl3N2O/c21-13-6-4-12(5-7-13)11-24-14-8-9-18-17(10-14)25-20(26-18)15-2-1-3-16(22)19(15)23/h1-11H. The Kier molecular flexibility index (Phi) is 4.68. The predicted octanol–water partition coefficient (Wildman–Crippen LogP) is 7.21. The van der Waals surface area contributed by atoms with Crippen LogP contribution in [0.5, 0.6) is 0 Å². The Bertz CT molecular complexity index is 1120. The highest BCUT2D eigenvalue weighted by atomic mass is 35.5. The second-order valence-corrected chi connectivity index (χ2v) is 6.80. The van der Waals surface area contributed by atoms with E-state index in [4.69, 9.17) is 39.2 Å². The van der Waals surface area contributed by atoms with Gasteiger partial charge < -0.3 is 4.42 Å². The summed E-state index contributed by atoms with van der Waals surface area (Å²) >= 11 is 18.2. The van der Waals surface area contributed by atoms with Crippen LogP contribution in [0.1, 0.15) is 5.56 Å². The predicted molar refractivity (Wildman–Crippen MR) is 108 cm³/mol. The number of fused-ring (bicyclic) bond motifs is 1. The number of oxazole rings is 1. The van der Waals surface area contributed by atoms with E-state index >= 15 is 0 Å². The van der Waals surface area contributed by atoms with Crippen LogP contribution in [-0.2, 0) is 0 Å². The molecule has 0 atom stereocenters. The summed E-state index contributed by atoms with van der Waals surface area (Å²) in [4.78, 5) is 8.98. The normalized spacial score (nSPS) is 11.5. The van der Waals surface area contributed by atoms with Gasteiger partial charge in [-0.3, -0.25) is 4.99 Å². The lowest BCUT2D eigenvalue weighted by Crippen LogP contribution is -1.80. The average Bonchev–Trinajstić information content (AvgIpc) is 3.06. The molecule has 0 bridgehead atoms. The Balaban J connectivity index is 1.67. The number of halogens is 3. The van der Waals surface area contributed by atoms with E-state index in [-0.39, 0.29) is 0 Å². The molecule has 0 unspecified atom stereocenters. The molecule has 0 radical (unpaired) electrons. The molecular weight excluding hydrogens is 391 g/mol. The van der Waals surface area contributed by atoms with Crippen LogP contribution >= 0.6 is 34.8 Å². The number of nitrogens with zero attached hydrogens (tertiary/aromatic N) is 2. The lowest BCUT2D eigenvalue weighted by molar-refractivity contribution is 0.620. The van der Waals surface area contributed by atoms with Gasteiger partial charge in [0.05, 0.1) is 21.3 Å². The van der Waals surface area contributed by atoms with Gasteiger partial charge in [0.2, 0.25) is 5.89 Å². The van der Waals surface area contributed by atoms with Gasteiger partial charge in [-0.1, -0.05) is 53.0 Å². The maximum absolute atomic E-state index is 6.25. The third-order valence-corrected chi connectivity index (χ3v) is 4.86. The Morgan fingerprint density at radius 2 is 1.73 bits per heavy atom. The molecule has 0 N–H and O–H groups in total. The van der Waals surface area contributed by atoms with E-state index < -0.39 is 0 Å². The van der Waals surface area contributed by atoms with Gasteiger partial charge in [-0.25, -0.2) is 4.98 Å². The van der Waals surface area contributed by atoms with Crippen LogP contribution in [0.3, 0.4) is 0 Å². The minimum Gasteiger partial charge on any atom is -0.436 e. The molecule has 26 heavy (non-hydrogen) atoms. The van der Waals surface area contributed by atoms with Crippen molar-refractivity contribution in [3.63, 3.8) is 0 Å². The molecule has 0 saturated heterocycles. The molecule has 0 aliphatic heterocycles. The molecule has 0 amide bonds. The van der Waals surface area contributed by atoms with Gasteiger partial charge in [-0.15, -0.1) is 0 Å². The molecule has 0 aliphatic rings. The molecule has 0 aliphatic carbocycles. The van der Waals surface area contributed by atoms with Gasteiger partial charge in [-0.2, -0.15) is 0 Å². The van der Waals surface area contributed by atoms with Gasteiger partial charge in [-0.05, 0) is 48.0 Å². The van der Waals surface area contributed by atoms with Crippen molar-refractivity contribution < 1.29 is 4.42 Å². The van der Waals surface area contributed by atoms with Crippen molar-refractivity contribution in [2.45, 2.75) is 0 Å². The highest BCUT2D eigenvalue weighted by Crippen LogP contribution is 2.35. The number of hydrogen-bond donors (Lipinski definition) is 0. The molecule has 3 aromatic carbocycles. The first-order valence-electron chi connectivity index (χ1n) is 7.75. The molecule has 4 aromatic rings. The molecule has 0 fully saturated rings. The quantitative estimate of drug-likeness (QED) is 0.340. The second kappa shape index (κ2) is 7.12. The molecular formula is C20H11Cl3N2O. The van der Waals surface area contributed by atoms with Crippen molar-refractivity contribution >= 4 is 57.8 Å². The van der Waals surface area contributed by atoms with E-state index in [9.17, 15) is 0 Å². The SMILES string of the molecule is Clc1ccc(C=Nc2ccc3oc(-c4cccc(Cl)c4Cl)nc3c2)cc1. The Morgan fingerprint density at radius 3 is 2.54 bits per heavy atom. The number of hydrogen-bond acceptors (Lipinski definition) is 3. The number of benzene rings is 3. The summed E-state index contributed by atoms with van der Waals surface area (Å²) in [5.41, 5.74) is 3.73. The van der Waals surface area contributed by atoms with E-state index in [0.717, 1.165) is 11.3 Å². The van der Waals surface area contributed by atoms with Crippen molar-refractivity contribution in [1.29, 1.82) is 0 Å². The van der Waals surface area contributed by atoms with E-state index in [2.05, 4.69) is 9.98 Å². The van der Waals surface area contributed by atoms with Crippen molar-refractivity contribution in [3.8, 4) is 11.5 Å². The van der Waals surface area contributed by atoms with Crippen molar-refractivity contribution in [1.82, 2.24) is 4.98 Å². The van der Waals surface area contributed by atoms with Crippen LogP contribution in [0.4, 0.5) is 5.69 Å². The summed E-state index contributed by atoms with van der Waals surface area (Å²) in [5, 5.41) is 1.57. The van der Waals surface area contributed by atoms with Crippen LogP contribution in [0.2, 0.25) is 15.1 Å². The molecule has 0 saturated carbocycles.